The van der Waals surface area contributed by atoms with Crippen molar-refractivity contribution in [2.24, 2.45) is 0 Å². The van der Waals surface area contributed by atoms with E-state index in [0.29, 0.717) is 0 Å². The molecule has 0 bridgehead atoms. The molecule has 0 aliphatic carbocycles. The average Bonchev–Trinajstić information content (AvgIpc) is 2.62. The largest absolute Gasteiger partial charge is 0.241 e. The summed E-state index contributed by atoms with van der Waals surface area (Å²) in [5.41, 5.74) is 2.05. The molecule has 0 radical (unpaired) electrons. The van der Waals surface area contributed by atoms with Gasteiger partial charge < -0.3 is 0 Å². The van der Waals surface area contributed by atoms with Crippen LogP contribution in [0.4, 0.5) is 0 Å². The highest BCUT2D eigenvalue weighted by Crippen LogP contribution is 2.10. The second-order valence-corrected chi connectivity index (χ2v) is 2.86. The van der Waals surface area contributed by atoms with Gasteiger partial charge in [0.25, 0.3) is 0 Å². The number of hydrogen-bond acceptors (Lipinski definition) is 3. The van der Waals surface area contributed by atoms with Crippen LogP contribution in [-0.4, -0.2) is 19.7 Å². The number of rotatable bonds is 1. The van der Waals surface area contributed by atoms with Crippen LogP contribution < -0.4 is 0 Å². The maximum absolute atomic E-state index is 4.17. The first kappa shape index (κ1) is 7.91. The maximum Gasteiger partial charge on any atom is 0.159 e. The van der Waals surface area contributed by atoms with Crippen LogP contribution in [0.2, 0.25) is 0 Å². The van der Waals surface area contributed by atoms with E-state index in [-0.39, 0.29) is 0 Å². The first-order chi connectivity index (χ1) is 6.29. The van der Waals surface area contributed by atoms with Crippen molar-refractivity contribution in [3.63, 3.8) is 0 Å². The summed E-state index contributed by atoms with van der Waals surface area (Å²) >= 11 is 0. The molecule has 2 heterocycles. The second-order valence-electron chi connectivity index (χ2n) is 2.86. The predicted molar refractivity (Wildman–Crippen MR) is 48.6 cm³/mol. The molecule has 0 saturated heterocycles. The first-order valence-corrected chi connectivity index (χ1v) is 4.07. The Labute approximate surface area is 76.3 Å². The van der Waals surface area contributed by atoms with E-state index in [1.165, 1.54) is 0 Å². The van der Waals surface area contributed by atoms with Gasteiger partial charge in [-0.25, -0.2) is 14.6 Å². The Morgan fingerprint density at radius 3 is 2.77 bits per heavy atom. The lowest BCUT2D eigenvalue weighted by Gasteiger charge is -2.05. The smallest absolute Gasteiger partial charge is 0.159 e. The highest BCUT2D eigenvalue weighted by atomic mass is 15.3. The van der Waals surface area contributed by atoms with Crippen molar-refractivity contribution in [3.05, 3.63) is 36.0 Å². The minimum Gasteiger partial charge on any atom is -0.241 e. The summed E-state index contributed by atoms with van der Waals surface area (Å²) in [6.45, 7) is 3.95. The van der Waals surface area contributed by atoms with Crippen LogP contribution in [0.1, 0.15) is 11.3 Å². The quantitative estimate of drug-likeness (QED) is 0.654. The molecule has 2 aromatic rings. The zero-order valence-corrected chi connectivity index (χ0v) is 7.60. The van der Waals surface area contributed by atoms with Gasteiger partial charge in [0.15, 0.2) is 5.82 Å². The van der Waals surface area contributed by atoms with Gasteiger partial charge in [-0.05, 0) is 19.9 Å². The van der Waals surface area contributed by atoms with Crippen molar-refractivity contribution >= 4 is 0 Å². The monoisotopic (exact) mass is 174 g/mol. The van der Waals surface area contributed by atoms with Crippen molar-refractivity contribution < 1.29 is 0 Å². The molecule has 0 unspecified atom stereocenters. The van der Waals surface area contributed by atoms with Crippen molar-refractivity contribution in [2.75, 3.05) is 0 Å². The summed E-state index contributed by atoms with van der Waals surface area (Å²) in [6.07, 6.45) is 5.16. The summed E-state index contributed by atoms with van der Waals surface area (Å²) in [6, 6.07) is 1.87. The van der Waals surface area contributed by atoms with E-state index in [4.69, 9.17) is 0 Å². The Hall–Kier alpha value is -1.71. The summed E-state index contributed by atoms with van der Waals surface area (Å²) in [7, 11) is 0. The third-order valence-electron chi connectivity index (χ3n) is 2.03. The molecule has 0 aliphatic rings. The van der Waals surface area contributed by atoms with E-state index < -0.39 is 0 Å². The number of hydrogen-bond donors (Lipinski definition) is 0. The fourth-order valence-corrected chi connectivity index (χ4v) is 1.15. The normalized spacial score (nSPS) is 10.3. The van der Waals surface area contributed by atoms with Gasteiger partial charge in [-0.2, -0.15) is 5.10 Å². The lowest BCUT2D eigenvalue weighted by atomic mass is 10.2. The fraction of sp³-hybridized carbons (Fsp3) is 0.222. The Balaban J connectivity index is 2.59. The topological polar surface area (TPSA) is 43.6 Å². The molecule has 0 aliphatic heterocycles. The molecule has 0 spiro atoms. The summed E-state index contributed by atoms with van der Waals surface area (Å²) in [5, 5.41) is 4.11. The number of aryl methyl sites for hydroxylation is 1. The Kier molecular flexibility index (Phi) is 1.81. The molecular formula is C9H10N4. The number of aromatic nitrogens is 4. The Morgan fingerprint density at radius 2 is 2.08 bits per heavy atom. The summed E-state index contributed by atoms with van der Waals surface area (Å²) < 4.78 is 1.74. The molecule has 0 atom stereocenters. The zero-order valence-electron chi connectivity index (χ0n) is 7.60. The van der Waals surface area contributed by atoms with E-state index in [0.717, 1.165) is 17.1 Å². The highest BCUT2D eigenvalue weighted by molar-refractivity contribution is 5.33. The van der Waals surface area contributed by atoms with E-state index in [9.17, 15) is 0 Å². The van der Waals surface area contributed by atoms with Crippen LogP contribution in [0.15, 0.2) is 24.8 Å². The molecule has 0 aromatic carbocycles. The van der Waals surface area contributed by atoms with E-state index >= 15 is 0 Å². The van der Waals surface area contributed by atoms with Crippen LogP contribution in [0.3, 0.4) is 0 Å². The molecule has 0 amide bonds. The van der Waals surface area contributed by atoms with Crippen LogP contribution in [0.5, 0.6) is 0 Å². The lowest BCUT2D eigenvalue weighted by Crippen LogP contribution is -2.03. The maximum atomic E-state index is 4.17. The summed E-state index contributed by atoms with van der Waals surface area (Å²) in [5.74, 6) is 0.845. The van der Waals surface area contributed by atoms with Gasteiger partial charge in [-0.3, -0.25) is 0 Å². The van der Waals surface area contributed by atoms with Crippen LogP contribution in [0.25, 0.3) is 5.82 Å². The molecule has 0 saturated carbocycles. The fourth-order valence-electron chi connectivity index (χ4n) is 1.15. The molecule has 4 nitrogen and oxygen atoms in total. The molecule has 2 rings (SSSR count). The van der Waals surface area contributed by atoms with Crippen LogP contribution >= 0.6 is 0 Å². The third kappa shape index (κ3) is 1.30. The third-order valence-corrected chi connectivity index (χ3v) is 2.03. The standard InChI is InChI=1S/C9H10N4/c1-7-8(2)10-6-11-9(7)13-5-3-4-12-13/h3-6H,1-2H3. The Bertz CT molecular complexity index is 406. The summed E-state index contributed by atoms with van der Waals surface area (Å²) in [4.78, 5) is 8.27. The second kappa shape index (κ2) is 2.97. The molecule has 2 aromatic heterocycles. The molecule has 66 valence electrons. The predicted octanol–water partition coefficient (Wildman–Crippen LogP) is 1.28. The molecule has 13 heavy (non-hydrogen) atoms. The molecule has 4 heteroatoms. The minimum absolute atomic E-state index is 0.845. The van der Waals surface area contributed by atoms with E-state index in [1.54, 1.807) is 17.2 Å². The zero-order chi connectivity index (χ0) is 9.26. The molecule has 0 N–H and O–H groups in total. The van der Waals surface area contributed by atoms with Crippen molar-refractivity contribution in [2.45, 2.75) is 13.8 Å². The van der Waals surface area contributed by atoms with Crippen molar-refractivity contribution in [1.82, 2.24) is 19.7 Å². The van der Waals surface area contributed by atoms with Gasteiger partial charge >= 0.3 is 0 Å². The SMILES string of the molecule is Cc1ncnc(-n2cccn2)c1C. The van der Waals surface area contributed by atoms with Crippen molar-refractivity contribution in [1.29, 1.82) is 0 Å². The minimum atomic E-state index is 0.845. The van der Waals surface area contributed by atoms with Crippen LogP contribution in [0, 0.1) is 13.8 Å². The van der Waals surface area contributed by atoms with Gasteiger partial charge in [0, 0.05) is 23.7 Å². The average molecular weight is 174 g/mol. The Morgan fingerprint density at radius 1 is 1.23 bits per heavy atom. The number of nitrogens with zero attached hydrogens (tertiary/aromatic N) is 4. The molecule has 0 fully saturated rings. The van der Waals surface area contributed by atoms with E-state index in [1.807, 2.05) is 26.1 Å². The van der Waals surface area contributed by atoms with Gasteiger partial charge in [0.05, 0.1) is 0 Å². The van der Waals surface area contributed by atoms with Gasteiger partial charge in [-0.1, -0.05) is 0 Å². The lowest BCUT2D eigenvalue weighted by molar-refractivity contribution is 0.823. The van der Waals surface area contributed by atoms with Gasteiger partial charge in [-0.15, -0.1) is 0 Å². The highest BCUT2D eigenvalue weighted by Gasteiger charge is 2.04. The van der Waals surface area contributed by atoms with Crippen molar-refractivity contribution in [3.8, 4) is 5.82 Å². The first-order valence-electron chi connectivity index (χ1n) is 4.07. The van der Waals surface area contributed by atoms with Gasteiger partial charge in [0.1, 0.15) is 6.33 Å². The molecular weight excluding hydrogens is 164 g/mol. The van der Waals surface area contributed by atoms with E-state index in [2.05, 4.69) is 15.1 Å². The van der Waals surface area contributed by atoms with Gasteiger partial charge in [0.2, 0.25) is 0 Å². The van der Waals surface area contributed by atoms with Crippen LogP contribution in [-0.2, 0) is 0 Å².